The number of rotatable bonds is 12. The van der Waals surface area contributed by atoms with Gasteiger partial charge in [-0.2, -0.15) is 0 Å². The Morgan fingerprint density at radius 1 is 1.18 bits per heavy atom. The molecule has 1 atom stereocenters. The molecule has 0 bridgehead atoms. The van der Waals surface area contributed by atoms with Crippen molar-refractivity contribution in [3.63, 3.8) is 0 Å². The Hall–Kier alpha value is -0.610. The van der Waals surface area contributed by atoms with E-state index in [1.165, 1.54) is 0 Å². The van der Waals surface area contributed by atoms with Gasteiger partial charge in [0.05, 0.1) is 6.54 Å². The lowest BCUT2D eigenvalue weighted by Crippen LogP contribution is -2.34. The average molecular weight is 244 g/mol. The van der Waals surface area contributed by atoms with E-state index in [1.807, 2.05) is 0 Å². The van der Waals surface area contributed by atoms with Crippen LogP contribution in [0.4, 0.5) is 0 Å². The molecule has 0 spiro atoms. The SMILES string of the molecule is [2H][C@H](CCCC)NCC(=O)NCCCCCCN. The van der Waals surface area contributed by atoms with Crippen LogP contribution in [-0.2, 0) is 4.79 Å². The molecule has 0 rings (SSSR count). The van der Waals surface area contributed by atoms with Gasteiger partial charge in [-0.05, 0) is 32.3 Å². The zero-order chi connectivity index (χ0) is 13.6. The molecule has 0 aromatic carbocycles. The molecule has 0 aliphatic carbocycles. The Labute approximate surface area is 107 Å². The molecule has 0 unspecified atom stereocenters. The van der Waals surface area contributed by atoms with Crippen molar-refractivity contribution >= 4 is 5.91 Å². The van der Waals surface area contributed by atoms with Gasteiger partial charge in [-0.15, -0.1) is 0 Å². The number of unbranched alkanes of at least 4 members (excludes halogenated alkanes) is 4. The van der Waals surface area contributed by atoms with Crippen molar-refractivity contribution in [2.45, 2.75) is 51.9 Å². The van der Waals surface area contributed by atoms with Gasteiger partial charge < -0.3 is 16.4 Å². The van der Waals surface area contributed by atoms with Gasteiger partial charge >= 0.3 is 0 Å². The molecular weight excluding hydrogens is 214 g/mol. The molecule has 0 aromatic rings. The average Bonchev–Trinajstić information content (AvgIpc) is 2.38. The normalized spacial score (nSPS) is 13.2. The summed E-state index contributed by atoms with van der Waals surface area (Å²) in [5, 5.41) is 5.77. The van der Waals surface area contributed by atoms with E-state index in [1.54, 1.807) is 0 Å². The predicted octanol–water partition coefficient (Wildman–Crippen LogP) is 1.40. The van der Waals surface area contributed by atoms with E-state index in [-0.39, 0.29) is 19.0 Å². The highest BCUT2D eigenvalue weighted by Crippen LogP contribution is 1.96. The first-order valence-electron chi connectivity index (χ1n) is 7.40. The third-order valence-corrected chi connectivity index (χ3v) is 2.56. The Morgan fingerprint density at radius 2 is 1.94 bits per heavy atom. The quantitative estimate of drug-likeness (QED) is 0.455. The van der Waals surface area contributed by atoms with E-state index >= 15 is 0 Å². The zero-order valence-electron chi connectivity index (χ0n) is 12.1. The Morgan fingerprint density at radius 3 is 2.65 bits per heavy atom. The highest BCUT2D eigenvalue weighted by atomic mass is 16.1. The molecule has 17 heavy (non-hydrogen) atoms. The monoisotopic (exact) mass is 244 g/mol. The molecule has 0 saturated heterocycles. The maximum atomic E-state index is 11.4. The minimum Gasteiger partial charge on any atom is -0.355 e. The number of nitrogens with one attached hydrogen (secondary N) is 2. The molecule has 4 N–H and O–H groups in total. The summed E-state index contributed by atoms with van der Waals surface area (Å²) >= 11 is 0. The van der Waals surface area contributed by atoms with Gasteiger partial charge in [0.2, 0.25) is 5.91 Å². The molecule has 0 radical (unpaired) electrons. The molecule has 0 heterocycles. The molecule has 4 nitrogen and oxygen atoms in total. The highest BCUT2D eigenvalue weighted by molar-refractivity contribution is 5.77. The van der Waals surface area contributed by atoms with Crippen LogP contribution in [0.15, 0.2) is 0 Å². The first-order chi connectivity index (χ1) is 8.70. The number of nitrogens with two attached hydrogens (primary N) is 1. The minimum atomic E-state index is -0.319. The number of amides is 1. The van der Waals surface area contributed by atoms with Crippen molar-refractivity contribution in [3.8, 4) is 0 Å². The highest BCUT2D eigenvalue weighted by Gasteiger charge is 1.98. The maximum absolute atomic E-state index is 11.4. The molecule has 1 amide bonds. The Kier molecular flexibility index (Phi) is 11.4. The summed E-state index contributed by atoms with van der Waals surface area (Å²) in [4.78, 5) is 11.4. The molecule has 0 saturated carbocycles. The van der Waals surface area contributed by atoms with E-state index in [4.69, 9.17) is 7.10 Å². The van der Waals surface area contributed by atoms with E-state index in [0.29, 0.717) is 0 Å². The van der Waals surface area contributed by atoms with Gasteiger partial charge in [-0.3, -0.25) is 4.79 Å². The fourth-order valence-electron chi connectivity index (χ4n) is 1.49. The van der Waals surface area contributed by atoms with Gasteiger partial charge in [0.15, 0.2) is 0 Å². The van der Waals surface area contributed by atoms with Crippen LogP contribution in [0.2, 0.25) is 0 Å². The van der Waals surface area contributed by atoms with Crippen molar-refractivity contribution in [1.29, 1.82) is 0 Å². The second-order valence-corrected chi connectivity index (χ2v) is 4.28. The summed E-state index contributed by atoms with van der Waals surface area (Å²) in [6.07, 6.45) is 7.25. The smallest absolute Gasteiger partial charge is 0.233 e. The van der Waals surface area contributed by atoms with Crippen molar-refractivity contribution in [3.05, 3.63) is 0 Å². The lowest BCUT2D eigenvalue weighted by Gasteiger charge is -2.06. The van der Waals surface area contributed by atoms with Crippen molar-refractivity contribution in [2.24, 2.45) is 5.73 Å². The molecule has 0 aromatic heterocycles. The van der Waals surface area contributed by atoms with Crippen molar-refractivity contribution in [1.82, 2.24) is 10.6 Å². The second kappa shape index (κ2) is 13.5. The van der Waals surface area contributed by atoms with Gasteiger partial charge in [0.1, 0.15) is 0 Å². The standard InChI is InChI=1S/C13H29N3O/c1-2-3-7-10-15-12-13(17)16-11-8-5-4-6-9-14/h15H,2-12,14H2,1H3,(H,16,17)/i10D/t10-/m1/s1. The maximum Gasteiger partial charge on any atom is 0.233 e. The first-order valence-corrected chi connectivity index (χ1v) is 6.83. The summed E-state index contributed by atoms with van der Waals surface area (Å²) in [5.74, 6) is -0.0115. The molecule has 102 valence electrons. The number of hydrogen-bond acceptors (Lipinski definition) is 3. The first kappa shape index (κ1) is 14.5. The summed E-state index contributed by atoms with van der Waals surface area (Å²) in [7, 11) is 0. The van der Waals surface area contributed by atoms with Gasteiger partial charge in [0.25, 0.3) is 0 Å². The van der Waals surface area contributed by atoms with Gasteiger partial charge in [-0.1, -0.05) is 32.6 Å². The second-order valence-electron chi connectivity index (χ2n) is 4.28. The predicted molar refractivity (Wildman–Crippen MR) is 72.9 cm³/mol. The van der Waals surface area contributed by atoms with Crippen LogP contribution < -0.4 is 16.4 Å². The summed E-state index contributed by atoms with van der Waals surface area (Å²) in [6, 6.07) is 0. The largest absolute Gasteiger partial charge is 0.355 e. The van der Waals surface area contributed by atoms with Gasteiger partial charge in [-0.25, -0.2) is 0 Å². The Balaban J connectivity index is 3.31. The van der Waals surface area contributed by atoms with Crippen LogP contribution in [0.1, 0.15) is 53.2 Å². The van der Waals surface area contributed by atoms with Crippen LogP contribution >= 0.6 is 0 Å². The Bertz CT molecular complexity index is 203. The number of carbonyl (C=O) groups excluding carboxylic acids is 1. The van der Waals surface area contributed by atoms with Crippen LogP contribution in [0, 0.1) is 0 Å². The van der Waals surface area contributed by atoms with Crippen LogP contribution in [-0.4, -0.2) is 32.1 Å². The van der Waals surface area contributed by atoms with Crippen molar-refractivity contribution in [2.75, 3.05) is 26.2 Å². The van der Waals surface area contributed by atoms with Crippen LogP contribution in [0.25, 0.3) is 0 Å². The molecule has 4 heteroatoms. The fraction of sp³-hybridized carbons (Fsp3) is 0.923. The summed E-state index contributed by atoms with van der Waals surface area (Å²) in [6.45, 7) is 3.51. The van der Waals surface area contributed by atoms with E-state index in [2.05, 4.69) is 17.6 Å². The number of carbonyl (C=O) groups is 1. The third-order valence-electron chi connectivity index (χ3n) is 2.56. The van der Waals surface area contributed by atoms with Crippen LogP contribution in [0.3, 0.4) is 0 Å². The summed E-state index contributed by atoms with van der Waals surface area (Å²) in [5.41, 5.74) is 5.40. The lowest BCUT2D eigenvalue weighted by atomic mass is 10.2. The molecule has 0 fully saturated rings. The topological polar surface area (TPSA) is 67.2 Å². The third kappa shape index (κ3) is 13.3. The van der Waals surface area contributed by atoms with Crippen molar-refractivity contribution < 1.29 is 6.17 Å². The van der Waals surface area contributed by atoms with Crippen LogP contribution in [0.5, 0.6) is 0 Å². The van der Waals surface area contributed by atoms with E-state index in [9.17, 15) is 4.79 Å². The molecule has 0 aliphatic heterocycles. The molecule has 0 aliphatic rings. The minimum absolute atomic E-state index is 0.0115. The van der Waals surface area contributed by atoms with Gasteiger partial charge in [0, 0.05) is 7.92 Å². The van der Waals surface area contributed by atoms with E-state index < -0.39 is 0 Å². The van der Waals surface area contributed by atoms with E-state index in [0.717, 1.165) is 58.0 Å². The number of hydrogen-bond donors (Lipinski definition) is 3. The zero-order valence-corrected chi connectivity index (χ0v) is 11.1. The lowest BCUT2D eigenvalue weighted by molar-refractivity contribution is -0.120. The fourth-order valence-corrected chi connectivity index (χ4v) is 1.49. The molecular formula is C13H29N3O. The summed E-state index contributed by atoms with van der Waals surface area (Å²) < 4.78 is 7.65.